The number of benzene rings is 1. The highest BCUT2D eigenvalue weighted by Crippen LogP contribution is 2.25. The standard InChI is InChI=1S/C16H24N2O3/c1-13(19)11-17(15-7-3-2-4-8-15)12-14-6-5-9-16(10-14)18(20)21/h5-6,9-10,13,15,19H,2-4,7-8,11-12H2,1H3. The second-order valence-corrected chi connectivity index (χ2v) is 6.00. The van der Waals surface area contributed by atoms with Gasteiger partial charge < -0.3 is 5.11 Å². The Balaban J connectivity index is 2.09. The molecule has 5 nitrogen and oxygen atoms in total. The molecule has 0 amide bonds. The van der Waals surface area contributed by atoms with E-state index in [2.05, 4.69) is 4.90 Å². The molecule has 0 spiro atoms. The zero-order valence-corrected chi connectivity index (χ0v) is 12.6. The van der Waals surface area contributed by atoms with Crippen LogP contribution < -0.4 is 0 Å². The summed E-state index contributed by atoms with van der Waals surface area (Å²) in [5, 5.41) is 20.6. The molecule has 1 unspecified atom stereocenters. The molecule has 0 saturated heterocycles. The van der Waals surface area contributed by atoms with E-state index >= 15 is 0 Å². The van der Waals surface area contributed by atoms with Crippen LogP contribution in [0, 0.1) is 10.1 Å². The molecule has 1 N–H and O–H groups in total. The van der Waals surface area contributed by atoms with E-state index in [1.165, 1.54) is 25.3 Å². The minimum atomic E-state index is -0.384. The van der Waals surface area contributed by atoms with Gasteiger partial charge >= 0.3 is 0 Å². The summed E-state index contributed by atoms with van der Waals surface area (Å²) in [6.07, 6.45) is 5.68. The van der Waals surface area contributed by atoms with Crippen molar-refractivity contribution in [2.75, 3.05) is 6.54 Å². The minimum absolute atomic E-state index is 0.133. The molecule has 1 aliphatic rings. The maximum absolute atomic E-state index is 10.9. The van der Waals surface area contributed by atoms with Gasteiger partial charge in [0.25, 0.3) is 5.69 Å². The van der Waals surface area contributed by atoms with Gasteiger partial charge in [0.2, 0.25) is 0 Å². The molecule has 116 valence electrons. The van der Waals surface area contributed by atoms with Crippen LogP contribution in [0.2, 0.25) is 0 Å². The summed E-state index contributed by atoms with van der Waals surface area (Å²) in [6.45, 7) is 3.08. The van der Waals surface area contributed by atoms with Crippen LogP contribution in [0.15, 0.2) is 24.3 Å². The van der Waals surface area contributed by atoms with Crippen molar-refractivity contribution in [1.82, 2.24) is 4.90 Å². The Morgan fingerprint density at radius 3 is 2.71 bits per heavy atom. The molecular formula is C16H24N2O3. The van der Waals surface area contributed by atoms with Gasteiger partial charge in [0.05, 0.1) is 11.0 Å². The van der Waals surface area contributed by atoms with E-state index < -0.39 is 0 Å². The lowest BCUT2D eigenvalue weighted by molar-refractivity contribution is -0.384. The van der Waals surface area contributed by atoms with Crippen LogP contribution in [0.25, 0.3) is 0 Å². The molecule has 1 saturated carbocycles. The Labute approximate surface area is 125 Å². The summed E-state index contributed by atoms with van der Waals surface area (Å²) >= 11 is 0. The SMILES string of the molecule is CC(O)CN(Cc1cccc([N+](=O)[O-])c1)C1CCCCC1. The van der Waals surface area contributed by atoms with Gasteiger partial charge in [-0.25, -0.2) is 0 Å². The van der Waals surface area contributed by atoms with Crippen molar-refractivity contribution >= 4 is 5.69 Å². The molecule has 1 aromatic carbocycles. The van der Waals surface area contributed by atoms with Gasteiger partial charge in [-0.3, -0.25) is 15.0 Å². The normalized spacial score (nSPS) is 17.9. The van der Waals surface area contributed by atoms with Crippen LogP contribution in [0.5, 0.6) is 0 Å². The highest BCUT2D eigenvalue weighted by atomic mass is 16.6. The van der Waals surface area contributed by atoms with Crippen molar-refractivity contribution in [2.45, 2.75) is 57.7 Å². The molecule has 0 heterocycles. The molecule has 2 rings (SSSR count). The summed E-state index contributed by atoms with van der Waals surface area (Å²) in [7, 11) is 0. The quantitative estimate of drug-likeness (QED) is 0.646. The summed E-state index contributed by atoms with van der Waals surface area (Å²) in [4.78, 5) is 12.8. The molecule has 1 atom stereocenters. The van der Waals surface area contributed by atoms with Crippen LogP contribution in [0.3, 0.4) is 0 Å². The first-order chi connectivity index (χ1) is 10.1. The molecule has 0 radical (unpaired) electrons. The number of hydrogen-bond donors (Lipinski definition) is 1. The van der Waals surface area contributed by atoms with E-state index in [9.17, 15) is 15.2 Å². The van der Waals surface area contributed by atoms with Crippen LogP contribution in [0.4, 0.5) is 5.69 Å². The lowest BCUT2D eigenvalue weighted by Gasteiger charge is -2.35. The maximum atomic E-state index is 10.9. The topological polar surface area (TPSA) is 66.6 Å². The van der Waals surface area contributed by atoms with Crippen molar-refractivity contribution in [1.29, 1.82) is 0 Å². The molecule has 1 fully saturated rings. The minimum Gasteiger partial charge on any atom is -0.392 e. The fourth-order valence-electron chi connectivity index (χ4n) is 3.13. The monoisotopic (exact) mass is 292 g/mol. The lowest BCUT2D eigenvalue weighted by Crippen LogP contribution is -2.40. The van der Waals surface area contributed by atoms with Gasteiger partial charge in [-0.05, 0) is 25.3 Å². The summed E-state index contributed by atoms with van der Waals surface area (Å²) < 4.78 is 0. The van der Waals surface area contributed by atoms with Crippen molar-refractivity contribution < 1.29 is 10.0 Å². The Bertz CT molecular complexity index is 470. The largest absolute Gasteiger partial charge is 0.392 e. The third-order valence-electron chi connectivity index (χ3n) is 4.10. The van der Waals surface area contributed by atoms with Crippen LogP contribution in [-0.4, -0.2) is 33.6 Å². The van der Waals surface area contributed by atoms with E-state index in [0.717, 1.165) is 18.4 Å². The first-order valence-corrected chi connectivity index (χ1v) is 7.71. The van der Waals surface area contributed by atoms with Crippen LogP contribution in [-0.2, 0) is 6.54 Å². The number of nitro groups is 1. The first-order valence-electron chi connectivity index (χ1n) is 7.71. The van der Waals surface area contributed by atoms with E-state index in [1.807, 2.05) is 6.07 Å². The highest BCUT2D eigenvalue weighted by Gasteiger charge is 2.22. The molecule has 21 heavy (non-hydrogen) atoms. The van der Waals surface area contributed by atoms with Crippen molar-refractivity contribution in [3.63, 3.8) is 0 Å². The van der Waals surface area contributed by atoms with Gasteiger partial charge in [0.1, 0.15) is 0 Å². The van der Waals surface area contributed by atoms with Gasteiger partial charge in [-0.2, -0.15) is 0 Å². The fraction of sp³-hybridized carbons (Fsp3) is 0.625. The molecule has 1 aliphatic carbocycles. The van der Waals surface area contributed by atoms with Crippen molar-refractivity contribution in [3.8, 4) is 0 Å². The van der Waals surface area contributed by atoms with Crippen molar-refractivity contribution in [2.24, 2.45) is 0 Å². The second kappa shape index (κ2) is 7.52. The number of aliphatic hydroxyl groups is 1. The third kappa shape index (κ3) is 4.79. The van der Waals surface area contributed by atoms with Gasteiger partial charge in [0.15, 0.2) is 0 Å². The smallest absolute Gasteiger partial charge is 0.269 e. The number of nitro benzene ring substituents is 1. The number of rotatable bonds is 6. The summed E-state index contributed by atoms with van der Waals surface area (Å²) in [5.74, 6) is 0. The van der Waals surface area contributed by atoms with E-state index in [4.69, 9.17) is 0 Å². The molecular weight excluding hydrogens is 268 g/mol. The third-order valence-corrected chi connectivity index (χ3v) is 4.10. The second-order valence-electron chi connectivity index (χ2n) is 6.00. The van der Waals surface area contributed by atoms with Crippen molar-refractivity contribution in [3.05, 3.63) is 39.9 Å². The van der Waals surface area contributed by atoms with Gasteiger partial charge in [0, 0.05) is 31.3 Å². The summed E-state index contributed by atoms with van der Waals surface area (Å²) in [5.41, 5.74) is 1.07. The summed E-state index contributed by atoms with van der Waals surface area (Å²) in [6, 6.07) is 7.29. The predicted octanol–water partition coefficient (Wildman–Crippen LogP) is 3.11. The van der Waals surface area contributed by atoms with Gasteiger partial charge in [-0.1, -0.05) is 31.4 Å². The van der Waals surface area contributed by atoms with E-state index in [1.54, 1.807) is 19.1 Å². The Kier molecular flexibility index (Phi) is 5.70. The zero-order valence-electron chi connectivity index (χ0n) is 12.6. The van der Waals surface area contributed by atoms with E-state index in [-0.39, 0.29) is 16.7 Å². The maximum Gasteiger partial charge on any atom is 0.269 e. The zero-order chi connectivity index (χ0) is 15.2. The first kappa shape index (κ1) is 15.9. The number of non-ortho nitro benzene ring substituents is 1. The molecule has 0 bridgehead atoms. The van der Waals surface area contributed by atoms with Gasteiger partial charge in [-0.15, -0.1) is 0 Å². The number of hydrogen-bond acceptors (Lipinski definition) is 4. The number of nitrogens with zero attached hydrogens (tertiary/aromatic N) is 2. The number of aliphatic hydroxyl groups excluding tert-OH is 1. The predicted molar refractivity (Wildman–Crippen MR) is 82.1 cm³/mol. The average molecular weight is 292 g/mol. The fourth-order valence-corrected chi connectivity index (χ4v) is 3.13. The molecule has 5 heteroatoms. The molecule has 0 aliphatic heterocycles. The molecule has 1 aromatic rings. The average Bonchev–Trinajstić information content (AvgIpc) is 2.47. The Hall–Kier alpha value is -1.46. The lowest BCUT2D eigenvalue weighted by atomic mass is 9.93. The Morgan fingerprint density at radius 1 is 1.38 bits per heavy atom. The highest BCUT2D eigenvalue weighted by molar-refractivity contribution is 5.34. The van der Waals surface area contributed by atoms with Crippen LogP contribution >= 0.6 is 0 Å². The molecule has 0 aromatic heterocycles. The van der Waals surface area contributed by atoms with Crippen LogP contribution in [0.1, 0.15) is 44.6 Å². The van der Waals surface area contributed by atoms with E-state index in [0.29, 0.717) is 19.1 Å². The Morgan fingerprint density at radius 2 is 2.10 bits per heavy atom.